The van der Waals surface area contributed by atoms with Crippen LogP contribution in [-0.2, 0) is 20.8 Å². The molecule has 178 valence electrons. The van der Waals surface area contributed by atoms with Crippen LogP contribution in [0, 0.1) is 5.82 Å². The van der Waals surface area contributed by atoms with Gasteiger partial charge in [0.25, 0.3) is 0 Å². The highest BCUT2D eigenvalue weighted by Gasteiger charge is 2.34. The second-order valence-electron chi connectivity index (χ2n) is 9.28. The van der Waals surface area contributed by atoms with Gasteiger partial charge in [-0.05, 0) is 45.4 Å². The van der Waals surface area contributed by atoms with E-state index < -0.39 is 23.7 Å². The summed E-state index contributed by atoms with van der Waals surface area (Å²) >= 11 is 0. The van der Waals surface area contributed by atoms with Crippen molar-refractivity contribution in [1.82, 2.24) is 20.3 Å². The van der Waals surface area contributed by atoms with Crippen LogP contribution in [0.25, 0.3) is 0 Å². The smallest absolute Gasteiger partial charge is 0.407 e. The van der Waals surface area contributed by atoms with Gasteiger partial charge in [0.1, 0.15) is 11.4 Å². The first-order valence-electron chi connectivity index (χ1n) is 11.0. The molecule has 2 aliphatic rings. The Balaban J connectivity index is 1.39. The number of aromatic nitrogens is 3. The maximum absolute atomic E-state index is 15.1. The summed E-state index contributed by atoms with van der Waals surface area (Å²) in [5, 5.41) is 10.5. The predicted molar refractivity (Wildman–Crippen MR) is 118 cm³/mol. The number of amides is 1. The molecule has 2 saturated heterocycles. The van der Waals surface area contributed by atoms with Crippen molar-refractivity contribution in [1.29, 1.82) is 0 Å². The zero-order valence-corrected chi connectivity index (χ0v) is 19.0. The number of aldehydes is 1. The number of nitrogens with one attached hydrogen (secondary N) is 1. The molecule has 1 aromatic heterocycles. The van der Waals surface area contributed by atoms with E-state index >= 15 is 4.39 Å². The highest BCUT2D eigenvalue weighted by atomic mass is 19.1. The normalized spacial score (nSPS) is 23.1. The first kappa shape index (κ1) is 23.0. The number of ether oxygens (including phenoxy) is 2. The number of anilines is 2. The molecule has 0 spiro atoms. The van der Waals surface area contributed by atoms with E-state index in [-0.39, 0.29) is 12.1 Å². The lowest BCUT2D eigenvalue weighted by molar-refractivity contribution is -0.117. The van der Waals surface area contributed by atoms with Gasteiger partial charge in [0.2, 0.25) is 0 Å². The Morgan fingerprint density at radius 1 is 1.36 bits per heavy atom. The van der Waals surface area contributed by atoms with E-state index in [1.807, 2.05) is 25.7 Å². The van der Waals surface area contributed by atoms with Crippen molar-refractivity contribution in [3.8, 4) is 0 Å². The first-order valence-corrected chi connectivity index (χ1v) is 11.0. The summed E-state index contributed by atoms with van der Waals surface area (Å²) in [6, 6.07) is 4.78. The molecule has 0 saturated carbocycles. The summed E-state index contributed by atoms with van der Waals surface area (Å²) < 4.78 is 27.8. The number of hydrogen-bond donors (Lipinski definition) is 1. The Bertz CT molecular complexity index is 980. The lowest BCUT2D eigenvalue weighted by atomic mass is 10.2. The van der Waals surface area contributed by atoms with Crippen LogP contribution in [0.3, 0.4) is 0 Å². The van der Waals surface area contributed by atoms with Crippen molar-refractivity contribution in [2.24, 2.45) is 0 Å². The summed E-state index contributed by atoms with van der Waals surface area (Å²) in [6.45, 7) is 7.39. The summed E-state index contributed by atoms with van der Waals surface area (Å²) in [6.07, 6.45) is 3.15. The minimum absolute atomic E-state index is 0.122. The molecule has 4 rings (SSSR count). The van der Waals surface area contributed by atoms with E-state index in [9.17, 15) is 9.59 Å². The number of carbonyl (C=O) groups excluding carboxylic acids is 2. The van der Waals surface area contributed by atoms with Crippen molar-refractivity contribution < 1.29 is 23.5 Å². The number of alkyl carbamates (subject to hydrolysis) is 1. The molecule has 3 heterocycles. The van der Waals surface area contributed by atoms with Crippen molar-refractivity contribution in [3.05, 3.63) is 36.4 Å². The monoisotopic (exact) mass is 460 g/mol. The van der Waals surface area contributed by atoms with E-state index in [0.29, 0.717) is 50.3 Å². The van der Waals surface area contributed by atoms with Gasteiger partial charge in [0.05, 0.1) is 30.6 Å². The van der Waals surface area contributed by atoms with E-state index in [0.717, 1.165) is 0 Å². The fourth-order valence-electron chi connectivity index (χ4n) is 4.14. The third kappa shape index (κ3) is 5.59. The standard InChI is InChI=1S/C22H29FN6O4/c1-22(2,3)33-21(31)25-15-6-8-27(11-15)19-5-4-16(10-18(19)23)29-13-17(32-20(29)14-30)12-28-9-7-24-26-28/h4-5,7,9-10,14-15,17,20H,6,8,11-13H2,1-3H3,(H,25,31)/t15-,17+,20?/m1/s1. The predicted octanol–water partition coefficient (Wildman–Crippen LogP) is 1.95. The van der Waals surface area contributed by atoms with Crippen LogP contribution >= 0.6 is 0 Å². The second-order valence-corrected chi connectivity index (χ2v) is 9.28. The van der Waals surface area contributed by atoms with Crippen LogP contribution < -0.4 is 15.1 Å². The topological polar surface area (TPSA) is 102 Å². The quantitative estimate of drug-likeness (QED) is 0.653. The van der Waals surface area contributed by atoms with E-state index in [1.54, 1.807) is 34.1 Å². The minimum Gasteiger partial charge on any atom is -0.444 e. The van der Waals surface area contributed by atoms with E-state index in [4.69, 9.17) is 9.47 Å². The van der Waals surface area contributed by atoms with Gasteiger partial charge in [-0.1, -0.05) is 5.21 Å². The molecule has 1 amide bonds. The number of carbonyl (C=O) groups is 2. The summed E-state index contributed by atoms with van der Waals surface area (Å²) in [5.74, 6) is -0.394. The maximum atomic E-state index is 15.1. The van der Waals surface area contributed by atoms with Crippen LogP contribution in [0.2, 0.25) is 0 Å². The van der Waals surface area contributed by atoms with Crippen LogP contribution in [0.5, 0.6) is 0 Å². The number of rotatable bonds is 6. The summed E-state index contributed by atoms with van der Waals surface area (Å²) in [7, 11) is 0. The molecule has 0 aliphatic carbocycles. The SMILES string of the molecule is CC(C)(C)OC(=O)N[C@@H]1CCN(c2ccc(N3C[C@H](Cn4ccnn4)OC3C=O)cc2F)C1. The largest absolute Gasteiger partial charge is 0.444 e. The van der Waals surface area contributed by atoms with E-state index in [1.165, 1.54) is 6.07 Å². The average Bonchev–Trinajstić information content (AvgIpc) is 3.48. The van der Waals surface area contributed by atoms with Gasteiger partial charge in [-0.15, -0.1) is 5.10 Å². The first-order chi connectivity index (χ1) is 15.7. The zero-order valence-electron chi connectivity index (χ0n) is 19.0. The Hall–Kier alpha value is -3.21. The van der Waals surface area contributed by atoms with Crippen LogP contribution in [0.4, 0.5) is 20.6 Å². The molecule has 1 aromatic carbocycles. The highest BCUT2D eigenvalue weighted by molar-refractivity contribution is 5.69. The van der Waals surface area contributed by atoms with Crippen molar-refractivity contribution >= 4 is 23.8 Å². The maximum Gasteiger partial charge on any atom is 0.407 e. The molecular weight excluding hydrogens is 431 g/mol. The van der Waals surface area contributed by atoms with Crippen molar-refractivity contribution in [3.63, 3.8) is 0 Å². The van der Waals surface area contributed by atoms with E-state index in [2.05, 4.69) is 15.6 Å². The van der Waals surface area contributed by atoms with Gasteiger partial charge in [-0.25, -0.2) is 13.9 Å². The molecule has 2 fully saturated rings. The van der Waals surface area contributed by atoms with Gasteiger partial charge in [0.15, 0.2) is 12.5 Å². The molecule has 11 heteroatoms. The Labute approximate surface area is 191 Å². The van der Waals surface area contributed by atoms with Gasteiger partial charge in [-0.3, -0.25) is 4.79 Å². The third-order valence-electron chi connectivity index (χ3n) is 5.53. The molecule has 2 aliphatic heterocycles. The fraction of sp³-hybridized carbons (Fsp3) is 0.545. The van der Waals surface area contributed by atoms with Crippen LogP contribution in [-0.4, -0.2) is 71.0 Å². The van der Waals surface area contributed by atoms with Crippen molar-refractivity contribution in [2.45, 2.75) is 57.7 Å². The molecule has 0 radical (unpaired) electrons. The Morgan fingerprint density at radius 2 is 2.18 bits per heavy atom. The molecule has 3 atom stereocenters. The molecule has 0 bridgehead atoms. The molecule has 2 aromatic rings. The molecular formula is C22H29FN6O4. The lowest BCUT2D eigenvalue weighted by Crippen LogP contribution is -2.40. The second kappa shape index (κ2) is 9.34. The summed E-state index contributed by atoms with van der Waals surface area (Å²) in [4.78, 5) is 27.2. The Morgan fingerprint density at radius 3 is 2.85 bits per heavy atom. The highest BCUT2D eigenvalue weighted by Crippen LogP contribution is 2.31. The van der Waals surface area contributed by atoms with Crippen LogP contribution in [0.1, 0.15) is 27.2 Å². The molecule has 1 N–H and O–H groups in total. The van der Waals surface area contributed by atoms with Gasteiger partial charge in [-0.2, -0.15) is 0 Å². The molecule has 1 unspecified atom stereocenters. The summed E-state index contributed by atoms with van der Waals surface area (Å²) in [5.41, 5.74) is 0.448. The number of nitrogens with zero attached hydrogens (tertiary/aromatic N) is 5. The molecule has 10 nitrogen and oxygen atoms in total. The fourth-order valence-corrected chi connectivity index (χ4v) is 4.14. The van der Waals surface area contributed by atoms with Gasteiger partial charge in [0, 0.05) is 31.5 Å². The third-order valence-corrected chi connectivity index (χ3v) is 5.53. The van der Waals surface area contributed by atoms with Crippen molar-refractivity contribution in [2.75, 3.05) is 29.4 Å². The number of halogens is 1. The number of hydrogen-bond acceptors (Lipinski definition) is 8. The van der Waals surface area contributed by atoms with Gasteiger partial charge < -0.3 is 24.6 Å². The van der Waals surface area contributed by atoms with Gasteiger partial charge >= 0.3 is 6.09 Å². The average molecular weight is 461 g/mol. The molecule has 33 heavy (non-hydrogen) atoms. The zero-order chi connectivity index (χ0) is 23.6. The minimum atomic E-state index is -0.794. The number of benzene rings is 1. The lowest BCUT2D eigenvalue weighted by Gasteiger charge is -2.24. The van der Waals surface area contributed by atoms with Crippen LogP contribution in [0.15, 0.2) is 30.6 Å². The Kier molecular flexibility index (Phi) is 6.50.